The molecule has 0 bridgehead atoms. The van der Waals surface area contributed by atoms with E-state index in [1.54, 1.807) is 0 Å². The van der Waals surface area contributed by atoms with E-state index in [-0.39, 0.29) is 12.1 Å². The Labute approximate surface area is 105 Å². The van der Waals surface area contributed by atoms with Crippen LogP contribution in [0.15, 0.2) is 29.2 Å². The molecule has 0 spiro atoms. The minimum atomic E-state index is -1.12. The van der Waals surface area contributed by atoms with E-state index in [2.05, 4.69) is 0 Å². The van der Waals surface area contributed by atoms with Crippen LogP contribution in [-0.2, 0) is 20.3 Å². The van der Waals surface area contributed by atoms with Crippen molar-refractivity contribution in [3.63, 3.8) is 0 Å². The number of hydrogen-bond acceptors (Lipinski definition) is 3. The molecule has 0 radical (unpaired) electrons. The van der Waals surface area contributed by atoms with E-state index in [1.165, 1.54) is 6.92 Å². The van der Waals surface area contributed by atoms with E-state index in [0.717, 1.165) is 10.5 Å². The first-order chi connectivity index (χ1) is 8.02. The average Bonchev–Trinajstić information content (AvgIpc) is 2.28. The molecule has 0 unspecified atom stereocenters. The van der Waals surface area contributed by atoms with Crippen molar-refractivity contribution in [1.29, 1.82) is 0 Å². The Kier molecular flexibility index (Phi) is 5.35. The molecule has 2 atom stereocenters. The molecular formula is C13H18O3S. The molecule has 0 fully saturated rings. The number of aryl methyl sites for hydroxylation is 1. The van der Waals surface area contributed by atoms with Gasteiger partial charge in [0.1, 0.15) is 6.10 Å². The summed E-state index contributed by atoms with van der Waals surface area (Å²) in [5.41, 5.74) is 1.14. The maximum absolute atomic E-state index is 12.0. The second-order valence-electron chi connectivity index (χ2n) is 3.96. The van der Waals surface area contributed by atoms with E-state index in [1.807, 2.05) is 38.1 Å². The Morgan fingerprint density at radius 2 is 1.94 bits per heavy atom. The Bertz CT molecular complexity index is 398. The van der Waals surface area contributed by atoms with Gasteiger partial charge in [-0.2, -0.15) is 0 Å². The number of carbonyl (C=O) groups excluding carboxylic acids is 1. The monoisotopic (exact) mass is 254 g/mol. The van der Waals surface area contributed by atoms with Crippen LogP contribution in [-0.4, -0.2) is 22.0 Å². The van der Waals surface area contributed by atoms with Crippen LogP contribution in [0, 0.1) is 6.92 Å². The van der Waals surface area contributed by atoms with Gasteiger partial charge in [0, 0.05) is 11.8 Å². The van der Waals surface area contributed by atoms with Crippen molar-refractivity contribution >= 4 is 16.8 Å². The molecule has 0 aliphatic rings. The summed E-state index contributed by atoms with van der Waals surface area (Å²) >= 11 is 0. The molecule has 1 aromatic carbocycles. The summed E-state index contributed by atoms with van der Waals surface area (Å²) in [6.07, 6.45) is 0.409. The third-order valence-electron chi connectivity index (χ3n) is 2.41. The predicted molar refractivity (Wildman–Crippen MR) is 68.3 cm³/mol. The van der Waals surface area contributed by atoms with E-state index < -0.39 is 10.8 Å². The molecule has 0 heterocycles. The van der Waals surface area contributed by atoms with E-state index in [4.69, 9.17) is 4.74 Å². The van der Waals surface area contributed by atoms with Crippen molar-refractivity contribution < 1.29 is 13.7 Å². The maximum atomic E-state index is 12.0. The third kappa shape index (κ3) is 4.69. The fourth-order valence-corrected chi connectivity index (χ4v) is 2.70. The molecule has 1 rings (SSSR count). The highest BCUT2D eigenvalue weighted by atomic mass is 32.2. The highest BCUT2D eigenvalue weighted by Crippen LogP contribution is 2.11. The van der Waals surface area contributed by atoms with Crippen molar-refractivity contribution in [3.8, 4) is 0 Å². The predicted octanol–water partition coefficient (Wildman–Crippen LogP) is 2.44. The first-order valence-electron chi connectivity index (χ1n) is 5.65. The van der Waals surface area contributed by atoms with Gasteiger partial charge in [0.2, 0.25) is 0 Å². The van der Waals surface area contributed by atoms with Gasteiger partial charge in [-0.25, -0.2) is 0 Å². The summed E-state index contributed by atoms with van der Waals surface area (Å²) in [4.78, 5) is 11.6. The Balaban J connectivity index is 2.64. The van der Waals surface area contributed by atoms with E-state index in [9.17, 15) is 9.00 Å². The maximum Gasteiger partial charge on any atom is 0.302 e. The normalized spacial score (nSPS) is 14.1. The molecule has 0 aliphatic heterocycles. The van der Waals surface area contributed by atoms with Crippen LogP contribution in [0.5, 0.6) is 0 Å². The highest BCUT2D eigenvalue weighted by Gasteiger charge is 2.14. The summed E-state index contributed by atoms with van der Waals surface area (Å²) in [5.74, 6) is 0.0387. The number of ether oxygens (including phenoxy) is 1. The molecule has 0 saturated heterocycles. The average molecular weight is 254 g/mol. The molecule has 1 aromatic rings. The van der Waals surface area contributed by atoms with Gasteiger partial charge in [0.05, 0.1) is 16.6 Å². The van der Waals surface area contributed by atoms with Crippen LogP contribution in [0.1, 0.15) is 25.8 Å². The van der Waals surface area contributed by atoms with Crippen LogP contribution < -0.4 is 0 Å². The SMILES string of the molecule is CC[C@H](C[S@@](=O)c1ccc(C)cc1)OC(C)=O. The van der Waals surface area contributed by atoms with Crippen LogP contribution in [0.2, 0.25) is 0 Å². The van der Waals surface area contributed by atoms with Crippen LogP contribution in [0.25, 0.3) is 0 Å². The number of carbonyl (C=O) groups is 1. The molecule has 0 aromatic heterocycles. The lowest BCUT2D eigenvalue weighted by Crippen LogP contribution is -2.22. The lowest BCUT2D eigenvalue weighted by atomic mass is 10.2. The molecule has 0 N–H and O–H groups in total. The van der Waals surface area contributed by atoms with Gasteiger partial charge >= 0.3 is 5.97 Å². The Morgan fingerprint density at radius 1 is 1.35 bits per heavy atom. The van der Waals surface area contributed by atoms with E-state index >= 15 is 0 Å². The number of esters is 1. The molecule has 0 saturated carbocycles. The number of rotatable bonds is 5. The lowest BCUT2D eigenvalue weighted by Gasteiger charge is -2.14. The summed E-state index contributed by atoms with van der Waals surface area (Å²) in [6, 6.07) is 7.57. The van der Waals surface area contributed by atoms with Crippen molar-refractivity contribution in [2.24, 2.45) is 0 Å². The summed E-state index contributed by atoms with van der Waals surface area (Å²) in [6.45, 7) is 5.28. The van der Waals surface area contributed by atoms with Gasteiger partial charge in [-0.3, -0.25) is 9.00 Å². The zero-order chi connectivity index (χ0) is 12.8. The molecule has 94 valence electrons. The third-order valence-corrected chi connectivity index (χ3v) is 3.88. The van der Waals surface area contributed by atoms with Crippen molar-refractivity contribution in [2.75, 3.05) is 5.75 Å². The fraction of sp³-hybridized carbons (Fsp3) is 0.462. The summed E-state index contributed by atoms with van der Waals surface area (Å²) in [7, 11) is -1.12. The molecule has 17 heavy (non-hydrogen) atoms. The topological polar surface area (TPSA) is 43.4 Å². The van der Waals surface area contributed by atoms with Crippen molar-refractivity contribution in [2.45, 2.75) is 38.2 Å². The zero-order valence-corrected chi connectivity index (χ0v) is 11.3. The molecule has 0 amide bonds. The molecule has 0 aliphatic carbocycles. The summed E-state index contributed by atoms with van der Waals surface area (Å²) < 4.78 is 17.1. The van der Waals surface area contributed by atoms with Crippen LogP contribution >= 0.6 is 0 Å². The van der Waals surface area contributed by atoms with Gasteiger partial charge in [0.15, 0.2) is 0 Å². The van der Waals surface area contributed by atoms with Crippen molar-refractivity contribution in [1.82, 2.24) is 0 Å². The quantitative estimate of drug-likeness (QED) is 0.758. The summed E-state index contributed by atoms with van der Waals surface area (Å²) in [5, 5.41) is 0. The second kappa shape index (κ2) is 6.55. The minimum absolute atomic E-state index is 0.269. The molecule has 3 nitrogen and oxygen atoms in total. The first-order valence-corrected chi connectivity index (χ1v) is 6.97. The Morgan fingerprint density at radius 3 is 2.41 bits per heavy atom. The number of hydrogen-bond donors (Lipinski definition) is 0. The zero-order valence-electron chi connectivity index (χ0n) is 10.4. The second-order valence-corrected chi connectivity index (χ2v) is 5.46. The van der Waals surface area contributed by atoms with E-state index in [0.29, 0.717) is 12.2 Å². The van der Waals surface area contributed by atoms with Gasteiger partial charge in [0.25, 0.3) is 0 Å². The van der Waals surface area contributed by atoms with Crippen LogP contribution in [0.3, 0.4) is 0 Å². The van der Waals surface area contributed by atoms with Gasteiger partial charge in [-0.15, -0.1) is 0 Å². The Hall–Kier alpha value is -1.16. The largest absolute Gasteiger partial charge is 0.462 e. The molecular weight excluding hydrogens is 236 g/mol. The smallest absolute Gasteiger partial charge is 0.302 e. The standard InChI is InChI=1S/C13H18O3S/c1-4-12(16-11(3)14)9-17(15)13-7-5-10(2)6-8-13/h5-8,12H,4,9H2,1-3H3/t12-,17-/m1/s1. The highest BCUT2D eigenvalue weighted by molar-refractivity contribution is 7.85. The van der Waals surface area contributed by atoms with Crippen molar-refractivity contribution in [3.05, 3.63) is 29.8 Å². The fourth-order valence-electron chi connectivity index (χ4n) is 1.43. The lowest BCUT2D eigenvalue weighted by molar-refractivity contribution is -0.145. The van der Waals surface area contributed by atoms with Crippen LogP contribution in [0.4, 0.5) is 0 Å². The first kappa shape index (κ1) is 13.9. The van der Waals surface area contributed by atoms with Gasteiger partial charge < -0.3 is 4.74 Å². The van der Waals surface area contributed by atoms with Gasteiger partial charge in [-0.05, 0) is 25.5 Å². The van der Waals surface area contributed by atoms with Gasteiger partial charge in [-0.1, -0.05) is 24.6 Å². The molecule has 4 heteroatoms. The number of benzene rings is 1. The minimum Gasteiger partial charge on any atom is -0.462 e.